The van der Waals surface area contributed by atoms with E-state index in [4.69, 9.17) is 48.3 Å². The molecule has 252 valence electrons. The van der Waals surface area contributed by atoms with Gasteiger partial charge in [0.2, 0.25) is 11.9 Å². The van der Waals surface area contributed by atoms with Crippen LogP contribution in [0, 0.1) is 23.8 Å². The van der Waals surface area contributed by atoms with Gasteiger partial charge in [0.05, 0.1) is 37.7 Å². The van der Waals surface area contributed by atoms with Crippen molar-refractivity contribution in [3.8, 4) is 58.3 Å². The van der Waals surface area contributed by atoms with Crippen LogP contribution in [-0.2, 0) is 0 Å². The Bertz CT molecular complexity index is 1870. The third-order valence-electron chi connectivity index (χ3n) is 6.68. The highest BCUT2D eigenvalue weighted by atomic mass is 28.3. The van der Waals surface area contributed by atoms with Crippen molar-refractivity contribution < 1.29 is 18.9 Å². The molecule has 0 aliphatic rings. The standard InChI is InChI=1S/C19H26N4O2Si.C16H18N4O2/c1-12(2)14-10-15(24-3)13(7-8-26(4,5)6)9-16(14)25-17-11-22-19(21)23-18(17)20;1-5-10-6-13(11(9(2)3)7-12(10)21-4)22-14-8-19-16(18)20-15(14)17/h9-12H,1-6H3,(H4,20,21,22,23);1,6-9H,2-4H3,(H4,17,18,19,20). The van der Waals surface area contributed by atoms with E-state index in [1.54, 1.807) is 20.3 Å². The van der Waals surface area contributed by atoms with Gasteiger partial charge in [-0.15, -0.1) is 12.0 Å². The van der Waals surface area contributed by atoms with Crippen LogP contribution in [0.2, 0.25) is 19.6 Å². The van der Waals surface area contributed by atoms with Crippen LogP contribution in [0.25, 0.3) is 0 Å². The van der Waals surface area contributed by atoms with Crippen molar-refractivity contribution in [3.05, 3.63) is 58.9 Å². The first-order valence-electron chi connectivity index (χ1n) is 15.1. The molecule has 2 heterocycles. The maximum Gasteiger partial charge on any atom is 0.222 e. The number of rotatable bonds is 8. The average molecular weight is 669 g/mol. The molecular formula is C35H44N8O4Si. The monoisotopic (exact) mass is 668 g/mol. The van der Waals surface area contributed by atoms with Crippen LogP contribution in [-0.4, -0.2) is 42.2 Å². The van der Waals surface area contributed by atoms with Crippen LogP contribution in [0.5, 0.6) is 34.5 Å². The van der Waals surface area contributed by atoms with E-state index in [1.165, 1.54) is 12.4 Å². The van der Waals surface area contributed by atoms with Crippen LogP contribution in [0.1, 0.15) is 61.8 Å². The van der Waals surface area contributed by atoms with Gasteiger partial charge >= 0.3 is 0 Å². The second-order valence-electron chi connectivity index (χ2n) is 12.3. The molecule has 0 saturated heterocycles. The van der Waals surface area contributed by atoms with Crippen molar-refractivity contribution in [1.82, 2.24) is 19.9 Å². The fourth-order valence-corrected chi connectivity index (χ4v) is 4.73. The maximum atomic E-state index is 6.01. The van der Waals surface area contributed by atoms with Crippen LogP contribution in [0.3, 0.4) is 0 Å². The summed E-state index contributed by atoms with van der Waals surface area (Å²) in [7, 11) is 1.69. The van der Waals surface area contributed by atoms with Crippen LogP contribution in [0.4, 0.5) is 23.5 Å². The number of nitrogens with two attached hydrogens (primary N) is 4. The zero-order chi connectivity index (χ0) is 35.8. The Balaban J connectivity index is 0.000000264. The molecule has 0 spiro atoms. The van der Waals surface area contributed by atoms with Gasteiger partial charge < -0.3 is 41.9 Å². The highest BCUT2D eigenvalue weighted by Crippen LogP contribution is 2.38. The van der Waals surface area contributed by atoms with E-state index >= 15 is 0 Å². The highest BCUT2D eigenvalue weighted by molar-refractivity contribution is 6.83. The van der Waals surface area contributed by atoms with Gasteiger partial charge in [-0.3, -0.25) is 0 Å². The van der Waals surface area contributed by atoms with Crippen molar-refractivity contribution in [3.63, 3.8) is 0 Å². The highest BCUT2D eigenvalue weighted by Gasteiger charge is 2.18. The summed E-state index contributed by atoms with van der Waals surface area (Å²) in [4.78, 5) is 15.6. The van der Waals surface area contributed by atoms with Crippen molar-refractivity contribution in [2.75, 3.05) is 37.2 Å². The van der Waals surface area contributed by atoms with E-state index in [-0.39, 0.29) is 35.4 Å². The Morgan fingerprint density at radius 1 is 0.646 bits per heavy atom. The summed E-state index contributed by atoms with van der Waals surface area (Å²) in [5, 5.41) is 0. The predicted molar refractivity (Wildman–Crippen MR) is 194 cm³/mol. The summed E-state index contributed by atoms with van der Waals surface area (Å²) < 4.78 is 22.7. The van der Waals surface area contributed by atoms with Gasteiger partial charge in [0.1, 0.15) is 31.1 Å². The third kappa shape index (κ3) is 9.67. The molecule has 0 amide bonds. The molecule has 4 rings (SSSR count). The zero-order valence-corrected chi connectivity index (χ0v) is 29.9. The number of nitrogen functional groups attached to an aromatic ring is 4. The minimum Gasteiger partial charge on any atom is -0.495 e. The van der Waals surface area contributed by atoms with E-state index < -0.39 is 8.07 Å². The van der Waals surface area contributed by atoms with E-state index in [1.807, 2.05) is 32.0 Å². The third-order valence-corrected chi connectivity index (χ3v) is 7.55. The number of hydrogen-bond donors (Lipinski definition) is 4. The summed E-state index contributed by atoms with van der Waals surface area (Å²) in [5.74, 6) is 10.1. The molecule has 0 saturated carbocycles. The lowest BCUT2D eigenvalue weighted by Gasteiger charge is -2.17. The first kappa shape index (κ1) is 36.8. The SMILES string of the molecule is C#Cc1cc(Oc2cnc(N)nc2N)c(C(C)C)cc1OC.COc1cc(C(C)C)c(Oc2cnc(N)nc2N)cc1C#C[Si](C)(C)C. The molecule has 0 radical (unpaired) electrons. The molecule has 0 atom stereocenters. The van der Waals surface area contributed by atoms with Crippen molar-refractivity contribution in [2.45, 2.75) is 59.2 Å². The summed E-state index contributed by atoms with van der Waals surface area (Å²) >= 11 is 0. The number of hydrogen-bond acceptors (Lipinski definition) is 12. The van der Waals surface area contributed by atoms with Gasteiger partial charge in [0.15, 0.2) is 23.1 Å². The average Bonchev–Trinajstić information content (AvgIpc) is 3.02. The predicted octanol–water partition coefficient (Wildman–Crippen LogP) is 6.34. The summed E-state index contributed by atoms with van der Waals surface area (Å²) in [5.41, 5.74) is 29.4. The van der Waals surface area contributed by atoms with E-state index in [9.17, 15) is 0 Å². The van der Waals surface area contributed by atoms with Crippen LogP contribution < -0.4 is 41.9 Å². The minimum absolute atomic E-state index is 0.0907. The Morgan fingerprint density at radius 3 is 1.42 bits per heavy atom. The lowest BCUT2D eigenvalue weighted by atomic mass is 9.99. The van der Waals surface area contributed by atoms with E-state index in [0.717, 1.165) is 22.4 Å². The molecule has 48 heavy (non-hydrogen) atoms. The quantitative estimate of drug-likeness (QED) is 0.120. The minimum atomic E-state index is -1.53. The molecule has 0 aliphatic heterocycles. The molecule has 0 fully saturated rings. The normalized spacial score (nSPS) is 10.7. The fraction of sp³-hybridized carbons (Fsp3) is 0.314. The lowest BCUT2D eigenvalue weighted by Crippen LogP contribution is -2.16. The van der Waals surface area contributed by atoms with Crippen LogP contribution >= 0.6 is 0 Å². The molecule has 0 aliphatic carbocycles. The van der Waals surface area contributed by atoms with Crippen molar-refractivity contribution in [1.29, 1.82) is 0 Å². The van der Waals surface area contributed by atoms with Gasteiger partial charge in [-0.1, -0.05) is 59.2 Å². The zero-order valence-electron chi connectivity index (χ0n) is 28.9. The first-order valence-corrected chi connectivity index (χ1v) is 18.6. The number of anilines is 4. The number of methoxy groups -OCH3 is 2. The van der Waals surface area contributed by atoms with Gasteiger partial charge in [0.25, 0.3) is 0 Å². The van der Waals surface area contributed by atoms with Gasteiger partial charge in [0, 0.05) is 23.3 Å². The number of terminal acetylenes is 1. The topological polar surface area (TPSA) is 193 Å². The van der Waals surface area contributed by atoms with Crippen LogP contribution in [0.15, 0.2) is 36.7 Å². The molecule has 13 heteroatoms. The Hall–Kier alpha value is -5.66. The summed E-state index contributed by atoms with van der Waals surface area (Å²) in [6.45, 7) is 14.8. The lowest BCUT2D eigenvalue weighted by molar-refractivity contribution is 0.409. The number of ether oxygens (including phenoxy) is 4. The number of nitrogens with zero attached hydrogens (tertiary/aromatic N) is 4. The van der Waals surface area contributed by atoms with E-state index in [0.29, 0.717) is 34.3 Å². The molecule has 2 aromatic heterocycles. The molecule has 2 aromatic carbocycles. The smallest absolute Gasteiger partial charge is 0.222 e. The van der Waals surface area contributed by atoms with Gasteiger partial charge in [-0.2, -0.15) is 9.97 Å². The Morgan fingerprint density at radius 2 is 1.06 bits per heavy atom. The van der Waals surface area contributed by atoms with E-state index in [2.05, 4.69) is 70.8 Å². The summed E-state index contributed by atoms with van der Waals surface area (Å²) in [6.07, 6.45) is 8.42. The van der Waals surface area contributed by atoms with Crippen molar-refractivity contribution in [2.24, 2.45) is 0 Å². The molecule has 0 bridgehead atoms. The molecular weight excluding hydrogens is 625 g/mol. The van der Waals surface area contributed by atoms with Gasteiger partial charge in [-0.25, -0.2) is 9.97 Å². The summed E-state index contributed by atoms with van der Waals surface area (Å²) in [6, 6.07) is 7.45. The fourth-order valence-electron chi connectivity index (χ4n) is 4.22. The Kier molecular flexibility index (Phi) is 12.1. The first-order chi connectivity index (χ1) is 22.6. The largest absolute Gasteiger partial charge is 0.495 e. The van der Waals surface area contributed by atoms with Crippen molar-refractivity contribution >= 4 is 31.6 Å². The second kappa shape index (κ2) is 15.8. The molecule has 4 aromatic rings. The molecule has 0 unspecified atom stereocenters. The Labute approximate surface area is 283 Å². The number of benzene rings is 2. The molecule has 8 N–H and O–H groups in total. The number of aromatic nitrogens is 4. The molecule has 12 nitrogen and oxygen atoms in total. The second-order valence-corrected chi connectivity index (χ2v) is 17.0. The van der Waals surface area contributed by atoms with Gasteiger partial charge in [-0.05, 0) is 24.0 Å². The maximum absolute atomic E-state index is 6.01.